The lowest BCUT2D eigenvalue weighted by molar-refractivity contribution is -0.127. The Labute approximate surface area is 124 Å². The Morgan fingerprint density at radius 2 is 1.65 bits per heavy atom. The van der Waals surface area contributed by atoms with Crippen molar-refractivity contribution in [2.24, 2.45) is 17.8 Å². The molecule has 20 heavy (non-hydrogen) atoms. The Hall–Kier alpha value is -1.31. The predicted molar refractivity (Wildman–Crippen MR) is 85.5 cm³/mol. The maximum Gasteiger partial charge on any atom is 0.223 e. The van der Waals surface area contributed by atoms with Crippen LogP contribution in [0.3, 0.4) is 0 Å². The first-order valence-electron chi connectivity index (χ1n) is 7.74. The second kappa shape index (κ2) is 8.08. The van der Waals surface area contributed by atoms with E-state index in [1.807, 2.05) is 18.2 Å². The topological polar surface area (TPSA) is 29.1 Å². The molecule has 0 heterocycles. The van der Waals surface area contributed by atoms with Gasteiger partial charge in [-0.25, -0.2) is 0 Å². The normalized spacial score (nSPS) is 14.3. The number of amides is 1. The van der Waals surface area contributed by atoms with Crippen molar-refractivity contribution < 1.29 is 4.79 Å². The van der Waals surface area contributed by atoms with Crippen LogP contribution in [0, 0.1) is 17.8 Å². The number of nitrogens with one attached hydrogen (secondary N) is 1. The molecule has 0 aromatic heterocycles. The van der Waals surface area contributed by atoms with Crippen LogP contribution in [-0.2, 0) is 11.2 Å². The van der Waals surface area contributed by atoms with Gasteiger partial charge in [-0.2, -0.15) is 0 Å². The molecule has 1 N–H and O–H groups in total. The van der Waals surface area contributed by atoms with Crippen LogP contribution in [0.2, 0.25) is 0 Å². The molecule has 0 aliphatic heterocycles. The SMILES string of the molecule is CC(C)C[C@H](C)NC(=O)[C@H](Cc1ccccc1)C(C)C. The molecule has 0 bridgehead atoms. The summed E-state index contributed by atoms with van der Waals surface area (Å²) >= 11 is 0. The smallest absolute Gasteiger partial charge is 0.223 e. The monoisotopic (exact) mass is 275 g/mol. The standard InChI is InChI=1S/C18H29NO/c1-13(2)11-15(5)19-18(20)17(14(3)4)12-16-9-7-6-8-10-16/h6-10,13-15,17H,11-12H2,1-5H3,(H,19,20)/t15-,17+/m0/s1. The van der Waals surface area contributed by atoms with Crippen molar-refractivity contribution in [3.63, 3.8) is 0 Å². The summed E-state index contributed by atoms with van der Waals surface area (Å²) in [5, 5.41) is 3.17. The van der Waals surface area contributed by atoms with E-state index in [1.54, 1.807) is 0 Å². The first kappa shape index (κ1) is 16.7. The zero-order chi connectivity index (χ0) is 15.1. The summed E-state index contributed by atoms with van der Waals surface area (Å²) in [5.74, 6) is 1.20. The maximum atomic E-state index is 12.5. The molecule has 0 fully saturated rings. The molecule has 0 saturated heterocycles. The van der Waals surface area contributed by atoms with Gasteiger partial charge in [0.05, 0.1) is 0 Å². The number of carbonyl (C=O) groups excluding carboxylic acids is 1. The van der Waals surface area contributed by atoms with Crippen molar-refractivity contribution in [1.82, 2.24) is 5.32 Å². The van der Waals surface area contributed by atoms with Crippen LogP contribution >= 0.6 is 0 Å². The summed E-state index contributed by atoms with van der Waals surface area (Å²) in [5.41, 5.74) is 1.23. The van der Waals surface area contributed by atoms with Crippen molar-refractivity contribution in [1.29, 1.82) is 0 Å². The molecule has 2 nitrogen and oxygen atoms in total. The van der Waals surface area contributed by atoms with Crippen molar-refractivity contribution in [2.75, 3.05) is 0 Å². The Morgan fingerprint density at radius 1 is 1.05 bits per heavy atom. The quantitative estimate of drug-likeness (QED) is 0.799. The molecule has 0 aliphatic carbocycles. The molecule has 1 rings (SSSR count). The van der Waals surface area contributed by atoms with Gasteiger partial charge >= 0.3 is 0 Å². The lowest BCUT2D eigenvalue weighted by atomic mass is 9.88. The lowest BCUT2D eigenvalue weighted by Gasteiger charge is -2.24. The lowest BCUT2D eigenvalue weighted by Crippen LogP contribution is -2.40. The number of hydrogen-bond donors (Lipinski definition) is 1. The summed E-state index contributed by atoms with van der Waals surface area (Å²) in [4.78, 5) is 12.5. The van der Waals surface area contributed by atoms with Crippen LogP contribution in [0.25, 0.3) is 0 Å². The van der Waals surface area contributed by atoms with Gasteiger partial charge in [-0.3, -0.25) is 4.79 Å². The van der Waals surface area contributed by atoms with E-state index >= 15 is 0 Å². The Morgan fingerprint density at radius 3 is 2.15 bits per heavy atom. The molecule has 2 atom stereocenters. The maximum absolute atomic E-state index is 12.5. The van der Waals surface area contributed by atoms with E-state index in [4.69, 9.17) is 0 Å². The van der Waals surface area contributed by atoms with E-state index < -0.39 is 0 Å². The van der Waals surface area contributed by atoms with E-state index in [9.17, 15) is 4.79 Å². The highest BCUT2D eigenvalue weighted by Gasteiger charge is 2.23. The minimum Gasteiger partial charge on any atom is -0.353 e. The first-order valence-corrected chi connectivity index (χ1v) is 7.74. The van der Waals surface area contributed by atoms with Crippen LogP contribution in [0.5, 0.6) is 0 Å². The number of rotatable bonds is 7. The molecule has 0 aliphatic rings. The molecule has 0 spiro atoms. The van der Waals surface area contributed by atoms with Gasteiger partial charge in [0.25, 0.3) is 0 Å². The predicted octanol–water partition coefficient (Wildman–Crippen LogP) is 4.05. The highest BCUT2D eigenvalue weighted by Crippen LogP contribution is 2.18. The highest BCUT2D eigenvalue weighted by atomic mass is 16.1. The summed E-state index contributed by atoms with van der Waals surface area (Å²) in [6, 6.07) is 10.5. The van der Waals surface area contributed by atoms with Gasteiger partial charge in [-0.1, -0.05) is 58.0 Å². The minimum atomic E-state index is 0.0482. The van der Waals surface area contributed by atoms with Gasteiger partial charge in [0.2, 0.25) is 5.91 Å². The third-order valence-corrected chi connectivity index (χ3v) is 3.65. The molecular weight excluding hydrogens is 246 g/mol. The van der Waals surface area contributed by atoms with Gasteiger partial charge < -0.3 is 5.32 Å². The largest absolute Gasteiger partial charge is 0.353 e. The molecule has 0 radical (unpaired) electrons. The van der Waals surface area contributed by atoms with Crippen molar-refractivity contribution in [3.8, 4) is 0 Å². The van der Waals surface area contributed by atoms with Crippen LogP contribution < -0.4 is 5.32 Å². The van der Waals surface area contributed by atoms with Gasteiger partial charge in [0.15, 0.2) is 0 Å². The van der Waals surface area contributed by atoms with Gasteiger partial charge in [-0.15, -0.1) is 0 Å². The third kappa shape index (κ3) is 5.77. The van der Waals surface area contributed by atoms with Crippen LogP contribution in [0.1, 0.15) is 46.6 Å². The first-order chi connectivity index (χ1) is 9.40. The van der Waals surface area contributed by atoms with Gasteiger partial charge in [0.1, 0.15) is 0 Å². The zero-order valence-corrected chi connectivity index (χ0v) is 13.5. The van der Waals surface area contributed by atoms with Gasteiger partial charge in [0, 0.05) is 12.0 Å². The number of benzene rings is 1. The molecule has 0 saturated carbocycles. The zero-order valence-electron chi connectivity index (χ0n) is 13.5. The average Bonchev–Trinajstić information content (AvgIpc) is 2.35. The highest BCUT2D eigenvalue weighted by molar-refractivity contribution is 5.79. The summed E-state index contributed by atoms with van der Waals surface area (Å²) in [7, 11) is 0. The summed E-state index contributed by atoms with van der Waals surface area (Å²) in [6.45, 7) is 10.7. The summed E-state index contributed by atoms with van der Waals surface area (Å²) < 4.78 is 0. The van der Waals surface area contributed by atoms with E-state index in [0.29, 0.717) is 11.8 Å². The van der Waals surface area contributed by atoms with Crippen molar-refractivity contribution in [2.45, 2.75) is 53.5 Å². The average molecular weight is 275 g/mol. The fraction of sp³-hybridized carbons (Fsp3) is 0.611. The Balaban J connectivity index is 2.64. The Kier molecular flexibility index (Phi) is 6.77. The molecule has 112 valence electrons. The second-order valence-electron chi connectivity index (χ2n) is 6.58. The molecule has 2 heteroatoms. The van der Waals surface area contributed by atoms with E-state index in [2.05, 4.69) is 52.1 Å². The second-order valence-corrected chi connectivity index (χ2v) is 6.58. The van der Waals surface area contributed by atoms with Crippen LogP contribution in [-0.4, -0.2) is 11.9 Å². The fourth-order valence-corrected chi connectivity index (χ4v) is 2.62. The van der Waals surface area contributed by atoms with E-state index in [-0.39, 0.29) is 17.9 Å². The van der Waals surface area contributed by atoms with E-state index in [1.165, 1.54) is 5.56 Å². The van der Waals surface area contributed by atoms with Crippen molar-refractivity contribution in [3.05, 3.63) is 35.9 Å². The number of hydrogen-bond acceptors (Lipinski definition) is 1. The van der Waals surface area contributed by atoms with Crippen LogP contribution in [0.15, 0.2) is 30.3 Å². The fourth-order valence-electron chi connectivity index (χ4n) is 2.62. The molecular formula is C18H29NO. The van der Waals surface area contributed by atoms with Gasteiger partial charge in [-0.05, 0) is 37.2 Å². The third-order valence-electron chi connectivity index (χ3n) is 3.65. The molecule has 1 amide bonds. The van der Waals surface area contributed by atoms with Crippen LogP contribution in [0.4, 0.5) is 0 Å². The number of carbonyl (C=O) groups is 1. The molecule has 1 aromatic carbocycles. The Bertz CT molecular complexity index is 397. The van der Waals surface area contributed by atoms with E-state index in [0.717, 1.165) is 12.8 Å². The van der Waals surface area contributed by atoms with Crippen molar-refractivity contribution >= 4 is 5.91 Å². The minimum absolute atomic E-state index is 0.0482. The summed E-state index contributed by atoms with van der Waals surface area (Å²) in [6.07, 6.45) is 1.85. The molecule has 1 aromatic rings. The molecule has 0 unspecified atom stereocenters.